The summed E-state index contributed by atoms with van der Waals surface area (Å²) in [7, 11) is 3.80. The summed E-state index contributed by atoms with van der Waals surface area (Å²) in [4.78, 5) is 27.6. The highest BCUT2D eigenvalue weighted by atomic mass is 32.1. The standard InChI is InChI=1S/C22H24N6O2S/c1-27-10-7-14(12-18(27)30)13-3-4-16(17(29)11-13)19-24-20-21(25-19)31-22(26-20)28(2)15-5-8-23-9-6-15/h3-4,7,10-12,15,23,29H,5-6,8-9H2,1-2H3,(H,24,25). The average Bonchev–Trinajstić information content (AvgIpc) is 3.35. The van der Waals surface area contributed by atoms with Gasteiger partial charge in [0.25, 0.3) is 5.56 Å². The van der Waals surface area contributed by atoms with Crippen LogP contribution in [0, 0.1) is 0 Å². The SMILES string of the molecule is CN(c1nc2[nH]c(-c3ccc(-c4ccn(C)c(=O)c4)cc3O)nc2s1)C1CCNCC1. The molecule has 0 bridgehead atoms. The molecule has 5 rings (SSSR count). The fourth-order valence-corrected chi connectivity index (χ4v) is 4.90. The first-order valence-corrected chi connectivity index (χ1v) is 11.1. The Labute approximate surface area is 183 Å². The van der Waals surface area contributed by atoms with Crippen LogP contribution in [0.25, 0.3) is 33.0 Å². The molecule has 0 saturated carbocycles. The van der Waals surface area contributed by atoms with Crippen molar-refractivity contribution >= 4 is 26.9 Å². The van der Waals surface area contributed by atoms with Crippen LogP contribution in [0.3, 0.4) is 0 Å². The molecule has 1 aliphatic heterocycles. The largest absolute Gasteiger partial charge is 0.507 e. The number of nitrogens with zero attached hydrogens (tertiary/aromatic N) is 4. The molecule has 31 heavy (non-hydrogen) atoms. The minimum absolute atomic E-state index is 0.0938. The van der Waals surface area contributed by atoms with Gasteiger partial charge in [0.2, 0.25) is 0 Å². The molecule has 1 fully saturated rings. The van der Waals surface area contributed by atoms with Gasteiger partial charge in [0, 0.05) is 32.4 Å². The van der Waals surface area contributed by atoms with Crippen LogP contribution < -0.4 is 15.8 Å². The van der Waals surface area contributed by atoms with Gasteiger partial charge in [-0.3, -0.25) is 4.79 Å². The van der Waals surface area contributed by atoms with Crippen molar-refractivity contribution in [3.8, 4) is 28.3 Å². The van der Waals surface area contributed by atoms with Crippen LogP contribution in [0.15, 0.2) is 41.3 Å². The van der Waals surface area contributed by atoms with E-state index >= 15 is 0 Å². The number of aromatic hydroxyl groups is 1. The quantitative estimate of drug-likeness (QED) is 0.455. The second-order valence-electron chi connectivity index (χ2n) is 7.92. The molecule has 1 aliphatic rings. The number of phenols is 1. The third-order valence-electron chi connectivity index (χ3n) is 5.90. The van der Waals surface area contributed by atoms with E-state index < -0.39 is 0 Å². The summed E-state index contributed by atoms with van der Waals surface area (Å²) in [6, 6.07) is 9.24. The lowest BCUT2D eigenvalue weighted by Crippen LogP contribution is -2.41. The smallest absolute Gasteiger partial charge is 0.250 e. The summed E-state index contributed by atoms with van der Waals surface area (Å²) in [5.41, 5.74) is 2.77. The van der Waals surface area contributed by atoms with Gasteiger partial charge in [-0.1, -0.05) is 17.4 Å². The lowest BCUT2D eigenvalue weighted by molar-refractivity contribution is 0.443. The zero-order chi connectivity index (χ0) is 21.5. The van der Waals surface area contributed by atoms with Crippen LogP contribution in [0.1, 0.15) is 12.8 Å². The number of aryl methyl sites for hydroxylation is 1. The average molecular weight is 437 g/mol. The van der Waals surface area contributed by atoms with E-state index in [-0.39, 0.29) is 11.3 Å². The molecular formula is C22H24N6O2S. The molecule has 0 unspecified atom stereocenters. The molecule has 8 nitrogen and oxygen atoms in total. The number of thiazole rings is 1. The molecule has 3 aromatic heterocycles. The number of benzene rings is 1. The van der Waals surface area contributed by atoms with Crippen molar-refractivity contribution in [3.63, 3.8) is 0 Å². The van der Waals surface area contributed by atoms with Crippen molar-refractivity contribution in [2.45, 2.75) is 18.9 Å². The Kier molecular flexibility index (Phi) is 4.99. The lowest BCUT2D eigenvalue weighted by Gasteiger charge is -2.31. The highest BCUT2D eigenvalue weighted by Crippen LogP contribution is 2.35. The summed E-state index contributed by atoms with van der Waals surface area (Å²) in [5, 5.41) is 15.0. The molecule has 0 atom stereocenters. The van der Waals surface area contributed by atoms with Gasteiger partial charge in [0.1, 0.15) is 11.6 Å². The van der Waals surface area contributed by atoms with Crippen LogP contribution in [0.5, 0.6) is 5.75 Å². The number of aromatic nitrogens is 4. The highest BCUT2D eigenvalue weighted by molar-refractivity contribution is 7.21. The monoisotopic (exact) mass is 436 g/mol. The van der Waals surface area contributed by atoms with E-state index in [4.69, 9.17) is 4.98 Å². The van der Waals surface area contributed by atoms with Crippen LogP contribution in [0.2, 0.25) is 0 Å². The molecule has 9 heteroatoms. The third-order valence-corrected chi connectivity index (χ3v) is 6.94. The van der Waals surface area contributed by atoms with Crippen molar-refractivity contribution in [1.82, 2.24) is 24.8 Å². The molecule has 160 valence electrons. The molecule has 1 aromatic carbocycles. The van der Waals surface area contributed by atoms with Crippen molar-refractivity contribution in [1.29, 1.82) is 0 Å². The first-order chi connectivity index (χ1) is 15.0. The Morgan fingerprint density at radius 2 is 1.94 bits per heavy atom. The molecule has 1 saturated heterocycles. The van der Waals surface area contributed by atoms with E-state index in [2.05, 4.69) is 27.2 Å². The van der Waals surface area contributed by atoms with Crippen molar-refractivity contribution in [2.75, 3.05) is 25.0 Å². The number of aromatic amines is 1. The predicted octanol–water partition coefficient (Wildman–Crippen LogP) is 2.95. The number of H-pyrrole nitrogens is 1. The van der Waals surface area contributed by atoms with E-state index in [0.717, 1.165) is 52.7 Å². The van der Waals surface area contributed by atoms with E-state index in [1.807, 2.05) is 18.2 Å². The number of piperidine rings is 1. The number of hydrogen-bond donors (Lipinski definition) is 3. The van der Waals surface area contributed by atoms with Gasteiger partial charge in [0.05, 0.1) is 5.56 Å². The number of hydrogen-bond acceptors (Lipinski definition) is 7. The van der Waals surface area contributed by atoms with Gasteiger partial charge in [-0.15, -0.1) is 0 Å². The molecule has 0 amide bonds. The minimum Gasteiger partial charge on any atom is -0.507 e. The van der Waals surface area contributed by atoms with Crippen LogP contribution in [-0.2, 0) is 7.05 Å². The highest BCUT2D eigenvalue weighted by Gasteiger charge is 2.22. The number of anilines is 1. The first-order valence-electron chi connectivity index (χ1n) is 10.3. The van der Waals surface area contributed by atoms with Crippen molar-refractivity contribution in [2.24, 2.45) is 7.05 Å². The first kappa shape index (κ1) is 19.8. The predicted molar refractivity (Wildman–Crippen MR) is 124 cm³/mol. The second-order valence-corrected chi connectivity index (χ2v) is 8.88. The van der Waals surface area contributed by atoms with Crippen LogP contribution >= 0.6 is 11.3 Å². The van der Waals surface area contributed by atoms with Gasteiger partial charge >= 0.3 is 0 Å². The summed E-state index contributed by atoms with van der Waals surface area (Å²) >= 11 is 1.56. The van der Waals surface area contributed by atoms with Gasteiger partial charge in [-0.2, -0.15) is 0 Å². The zero-order valence-electron chi connectivity index (χ0n) is 17.4. The van der Waals surface area contributed by atoms with Gasteiger partial charge in [-0.25, -0.2) is 9.97 Å². The maximum absolute atomic E-state index is 11.9. The number of imidazole rings is 1. The zero-order valence-corrected chi connectivity index (χ0v) is 18.2. The van der Waals surface area contributed by atoms with E-state index in [1.54, 1.807) is 36.7 Å². The van der Waals surface area contributed by atoms with E-state index in [0.29, 0.717) is 17.4 Å². The Morgan fingerprint density at radius 3 is 2.65 bits per heavy atom. The lowest BCUT2D eigenvalue weighted by atomic mass is 10.0. The molecule has 4 heterocycles. The van der Waals surface area contributed by atoms with Gasteiger partial charge in [0.15, 0.2) is 15.6 Å². The number of nitrogens with one attached hydrogen (secondary N) is 2. The Hall–Kier alpha value is -3.17. The van der Waals surface area contributed by atoms with Gasteiger partial charge < -0.3 is 24.9 Å². The van der Waals surface area contributed by atoms with Crippen molar-refractivity contribution in [3.05, 3.63) is 46.9 Å². The molecule has 0 aliphatic carbocycles. The number of phenolic OH excluding ortho intramolecular Hbond substituents is 1. The maximum atomic E-state index is 11.9. The molecule has 4 aromatic rings. The van der Waals surface area contributed by atoms with Crippen LogP contribution in [0.4, 0.5) is 5.13 Å². The fraction of sp³-hybridized carbons (Fsp3) is 0.318. The topological polar surface area (TPSA) is 99.1 Å². The third kappa shape index (κ3) is 3.70. The molecule has 3 N–H and O–H groups in total. The summed E-state index contributed by atoms with van der Waals surface area (Å²) in [6.45, 7) is 2.07. The summed E-state index contributed by atoms with van der Waals surface area (Å²) < 4.78 is 1.51. The molecule has 0 radical (unpaired) electrons. The summed E-state index contributed by atoms with van der Waals surface area (Å²) in [5.74, 6) is 0.685. The number of pyridine rings is 1. The number of fused-ring (bicyclic) bond motifs is 1. The summed E-state index contributed by atoms with van der Waals surface area (Å²) in [6.07, 6.45) is 3.93. The van der Waals surface area contributed by atoms with Crippen molar-refractivity contribution < 1.29 is 5.11 Å². The Balaban J connectivity index is 1.42. The molecule has 0 spiro atoms. The second kappa shape index (κ2) is 7.82. The van der Waals surface area contributed by atoms with E-state index in [1.165, 1.54) is 4.57 Å². The normalized spacial score (nSPS) is 14.9. The minimum atomic E-state index is -0.0938. The van der Waals surface area contributed by atoms with Crippen LogP contribution in [-0.4, -0.2) is 50.8 Å². The Bertz CT molecular complexity index is 1270. The fourth-order valence-electron chi connectivity index (χ4n) is 3.97. The Morgan fingerprint density at radius 1 is 1.16 bits per heavy atom. The maximum Gasteiger partial charge on any atom is 0.250 e. The molecular weight excluding hydrogens is 412 g/mol. The number of rotatable bonds is 4. The van der Waals surface area contributed by atoms with Gasteiger partial charge in [-0.05, 0) is 55.3 Å². The van der Waals surface area contributed by atoms with E-state index in [9.17, 15) is 9.90 Å².